The van der Waals surface area contributed by atoms with Crippen LogP contribution in [0.3, 0.4) is 0 Å². The summed E-state index contributed by atoms with van der Waals surface area (Å²) in [7, 11) is -3.33. The Morgan fingerprint density at radius 3 is 2.33 bits per heavy atom. The summed E-state index contributed by atoms with van der Waals surface area (Å²) >= 11 is 0. The Kier molecular flexibility index (Phi) is 4.65. The second-order valence-corrected chi connectivity index (χ2v) is 8.95. The molecule has 1 N–H and O–H groups in total. The Labute approximate surface area is 156 Å². The molecule has 2 saturated heterocycles. The molecule has 2 bridgehead atoms. The number of benzene rings is 2. The summed E-state index contributed by atoms with van der Waals surface area (Å²) in [5.41, 5.74) is 0.818. The maximum Gasteiger partial charge on any atom is 0.191 e. The predicted molar refractivity (Wildman–Crippen MR) is 95.4 cm³/mol. The topological polar surface area (TPSA) is 64.6 Å². The third-order valence-corrected chi connectivity index (χ3v) is 6.10. The molecule has 0 spiro atoms. The van der Waals surface area contributed by atoms with Crippen LogP contribution in [0.1, 0.15) is 0 Å². The summed E-state index contributed by atoms with van der Waals surface area (Å²) in [6, 6.07) is 8.25. The van der Waals surface area contributed by atoms with Crippen molar-refractivity contribution < 1.29 is 26.7 Å². The Morgan fingerprint density at radius 1 is 1.07 bits per heavy atom. The maximum absolute atomic E-state index is 14.6. The molecule has 0 amide bonds. The van der Waals surface area contributed by atoms with Crippen LogP contribution in [0.25, 0.3) is 11.1 Å². The van der Waals surface area contributed by atoms with Gasteiger partial charge in [0.15, 0.2) is 27.2 Å². The second-order valence-electron chi connectivity index (χ2n) is 6.94. The van der Waals surface area contributed by atoms with Gasteiger partial charge in [-0.05, 0) is 35.4 Å². The van der Waals surface area contributed by atoms with E-state index in [4.69, 9.17) is 9.47 Å². The fourth-order valence-electron chi connectivity index (χ4n) is 3.54. The van der Waals surface area contributed by atoms with Gasteiger partial charge in [0.25, 0.3) is 0 Å². The monoisotopic (exact) mass is 395 g/mol. The minimum Gasteiger partial charge on any atom is -0.481 e. The fraction of sp³-hybridized carbons (Fsp3) is 0.368. The predicted octanol–water partition coefficient (Wildman–Crippen LogP) is 2.40. The summed E-state index contributed by atoms with van der Waals surface area (Å²) in [5.74, 6) is -1.94. The van der Waals surface area contributed by atoms with E-state index in [-0.39, 0.29) is 23.0 Å². The molecule has 2 aromatic carbocycles. The third-order valence-electron chi connectivity index (χ3n) is 4.98. The first-order valence-corrected chi connectivity index (χ1v) is 10.5. The molecule has 4 rings (SSSR count). The molecule has 0 aromatic heterocycles. The van der Waals surface area contributed by atoms with Gasteiger partial charge in [-0.1, -0.05) is 12.1 Å². The normalized spacial score (nSPS) is 24.8. The van der Waals surface area contributed by atoms with Gasteiger partial charge < -0.3 is 14.8 Å². The van der Waals surface area contributed by atoms with E-state index in [0.717, 1.165) is 6.26 Å². The molecular weight excluding hydrogens is 376 g/mol. The minimum absolute atomic E-state index is 0.0609. The lowest BCUT2D eigenvalue weighted by Gasteiger charge is -2.29. The fourth-order valence-corrected chi connectivity index (χ4v) is 4.17. The molecule has 2 aliphatic heterocycles. The van der Waals surface area contributed by atoms with Crippen molar-refractivity contribution >= 4 is 9.84 Å². The van der Waals surface area contributed by atoms with E-state index in [0.29, 0.717) is 30.8 Å². The highest BCUT2D eigenvalue weighted by Crippen LogP contribution is 2.34. The van der Waals surface area contributed by atoms with Crippen LogP contribution in [0.4, 0.5) is 8.78 Å². The summed E-state index contributed by atoms with van der Waals surface area (Å²) in [5, 5.41) is 3.20. The van der Waals surface area contributed by atoms with Gasteiger partial charge in [-0.25, -0.2) is 17.2 Å². The van der Waals surface area contributed by atoms with Gasteiger partial charge in [-0.3, -0.25) is 0 Å². The number of halogens is 2. The Hall–Kier alpha value is -2.03. The van der Waals surface area contributed by atoms with Gasteiger partial charge in [0.05, 0.1) is 11.5 Å². The first kappa shape index (κ1) is 18.3. The first-order chi connectivity index (χ1) is 12.8. The molecule has 0 radical (unpaired) electrons. The zero-order valence-corrected chi connectivity index (χ0v) is 15.4. The molecule has 2 aromatic rings. The van der Waals surface area contributed by atoms with Crippen LogP contribution in [0, 0.1) is 17.6 Å². The van der Waals surface area contributed by atoms with Gasteiger partial charge in [0.1, 0.15) is 12.2 Å². The molecule has 2 fully saturated rings. The van der Waals surface area contributed by atoms with E-state index >= 15 is 0 Å². The number of piperidine rings is 1. The Bertz CT molecular complexity index is 923. The van der Waals surface area contributed by atoms with E-state index in [1.54, 1.807) is 0 Å². The molecular formula is C19H19F2NO4S. The standard InChI is InChI=1S/C19H19F2NO4S/c1-27(23,24)14-4-2-11(3-5-14)12-6-15(20)19(16(21)7-12)26-18-13-8-22-9-17(18)25-10-13/h2-7,13,17-18,22H,8-10H2,1H3. The van der Waals surface area contributed by atoms with Gasteiger partial charge in [0.2, 0.25) is 0 Å². The van der Waals surface area contributed by atoms with Crippen LogP contribution in [0.2, 0.25) is 0 Å². The van der Waals surface area contributed by atoms with Gasteiger partial charge >= 0.3 is 0 Å². The van der Waals surface area contributed by atoms with Crippen LogP contribution in [-0.4, -0.2) is 46.6 Å². The third kappa shape index (κ3) is 3.56. The van der Waals surface area contributed by atoms with Crippen molar-refractivity contribution in [3.8, 4) is 16.9 Å². The highest BCUT2D eigenvalue weighted by Gasteiger charge is 2.42. The van der Waals surface area contributed by atoms with E-state index in [9.17, 15) is 17.2 Å². The van der Waals surface area contributed by atoms with Crippen molar-refractivity contribution in [3.05, 3.63) is 48.0 Å². The number of nitrogens with one attached hydrogen (secondary N) is 1. The van der Waals surface area contributed by atoms with E-state index in [1.165, 1.54) is 36.4 Å². The minimum atomic E-state index is -3.33. The average Bonchev–Trinajstić information content (AvgIpc) is 2.84. The van der Waals surface area contributed by atoms with Crippen molar-refractivity contribution in [2.75, 3.05) is 26.0 Å². The first-order valence-electron chi connectivity index (χ1n) is 8.61. The molecule has 144 valence electrons. The zero-order valence-electron chi connectivity index (χ0n) is 14.6. The lowest BCUT2D eigenvalue weighted by Crippen LogP contribution is -2.48. The van der Waals surface area contributed by atoms with Crippen LogP contribution in [0.5, 0.6) is 5.75 Å². The lowest BCUT2D eigenvalue weighted by molar-refractivity contribution is 0.0400. The number of hydrogen-bond donors (Lipinski definition) is 1. The Balaban J connectivity index is 1.60. The molecule has 8 heteroatoms. The smallest absolute Gasteiger partial charge is 0.191 e. The SMILES string of the molecule is CS(=O)(=O)c1ccc(-c2cc(F)c(OC3C4CNCC3OC4)c(F)c2)cc1. The quantitative estimate of drug-likeness (QED) is 0.861. The lowest BCUT2D eigenvalue weighted by atomic mass is 9.98. The zero-order chi connectivity index (χ0) is 19.2. The van der Waals surface area contributed by atoms with Crippen molar-refractivity contribution in [1.82, 2.24) is 5.32 Å². The van der Waals surface area contributed by atoms with Crippen LogP contribution >= 0.6 is 0 Å². The number of fused-ring (bicyclic) bond motifs is 2. The molecule has 3 unspecified atom stereocenters. The highest BCUT2D eigenvalue weighted by atomic mass is 32.2. The number of rotatable bonds is 4. The molecule has 0 aliphatic carbocycles. The largest absolute Gasteiger partial charge is 0.481 e. The van der Waals surface area contributed by atoms with E-state index in [1.807, 2.05) is 0 Å². The van der Waals surface area contributed by atoms with Gasteiger partial charge in [-0.15, -0.1) is 0 Å². The van der Waals surface area contributed by atoms with Crippen LogP contribution < -0.4 is 10.1 Å². The highest BCUT2D eigenvalue weighted by molar-refractivity contribution is 7.90. The molecule has 0 saturated carbocycles. The summed E-state index contributed by atoms with van der Waals surface area (Å²) in [6.45, 7) is 1.79. The second kappa shape index (κ2) is 6.85. The van der Waals surface area contributed by atoms with Crippen LogP contribution in [0.15, 0.2) is 41.3 Å². The number of sulfone groups is 1. The van der Waals surface area contributed by atoms with Crippen molar-refractivity contribution in [2.24, 2.45) is 5.92 Å². The Morgan fingerprint density at radius 2 is 1.74 bits per heavy atom. The average molecular weight is 395 g/mol. The summed E-state index contributed by atoms with van der Waals surface area (Å²) in [4.78, 5) is 0.147. The van der Waals surface area contributed by atoms with Crippen LogP contribution in [-0.2, 0) is 14.6 Å². The van der Waals surface area contributed by atoms with E-state index < -0.39 is 27.2 Å². The van der Waals surface area contributed by atoms with Crippen molar-refractivity contribution in [2.45, 2.75) is 17.1 Å². The number of hydrogen-bond acceptors (Lipinski definition) is 5. The van der Waals surface area contributed by atoms with E-state index in [2.05, 4.69) is 5.32 Å². The molecule has 2 heterocycles. The number of ether oxygens (including phenoxy) is 2. The van der Waals surface area contributed by atoms with Crippen molar-refractivity contribution in [3.63, 3.8) is 0 Å². The maximum atomic E-state index is 14.6. The summed E-state index contributed by atoms with van der Waals surface area (Å²) < 4.78 is 63.5. The van der Waals surface area contributed by atoms with Gasteiger partial charge in [0, 0.05) is 25.3 Å². The van der Waals surface area contributed by atoms with Gasteiger partial charge in [-0.2, -0.15) is 0 Å². The molecule has 27 heavy (non-hydrogen) atoms. The molecule has 3 atom stereocenters. The summed E-state index contributed by atoms with van der Waals surface area (Å²) in [6.07, 6.45) is 0.506. The van der Waals surface area contributed by atoms with Crippen molar-refractivity contribution in [1.29, 1.82) is 0 Å². The molecule has 2 aliphatic rings. The molecule has 5 nitrogen and oxygen atoms in total.